The van der Waals surface area contributed by atoms with Crippen LogP contribution in [0.3, 0.4) is 0 Å². The summed E-state index contributed by atoms with van der Waals surface area (Å²) in [7, 11) is 0. The van der Waals surface area contributed by atoms with Crippen LogP contribution in [0.25, 0.3) is 0 Å². The number of hydrogen-bond donors (Lipinski definition) is 1. The molecular formula is C13H15F2NO. The van der Waals surface area contributed by atoms with Gasteiger partial charge in [0.05, 0.1) is 5.56 Å². The van der Waals surface area contributed by atoms with E-state index in [0.717, 1.165) is 25.0 Å². The van der Waals surface area contributed by atoms with Crippen molar-refractivity contribution in [1.82, 2.24) is 0 Å². The van der Waals surface area contributed by atoms with Crippen LogP contribution in [-0.2, 0) is 0 Å². The molecule has 2 nitrogen and oxygen atoms in total. The molecule has 0 amide bonds. The van der Waals surface area contributed by atoms with Crippen molar-refractivity contribution in [3.05, 3.63) is 35.4 Å². The highest BCUT2D eigenvalue weighted by Gasteiger charge is 2.34. The molecule has 0 bridgehead atoms. The number of carbonyl (C=O) groups is 1. The molecule has 1 saturated carbocycles. The van der Waals surface area contributed by atoms with Gasteiger partial charge in [-0.2, -0.15) is 0 Å². The van der Waals surface area contributed by atoms with Crippen LogP contribution in [0.2, 0.25) is 0 Å². The molecule has 2 rings (SSSR count). The lowest BCUT2D eigenvalue weighted by atomic mass is 9.88. The van der Waals surface area contributed by atoms with E-state index >= 15 is 0 Å². The molecule has 0 aliphatic heterocycles. The third-order valence-electron chi connectivity index (χ3n) is 3.51. The average Bonchev–Trinajstić information content (AvgIpc) is 2.76. The van der Waals surface area contributed by atoms with Crippen LogP contribution < -0.4 is 5.73 Å². The zero-order valence-electron chi connectivity index (χ0n) is 9.46. The van der Waals surface area contributed by atoms with Crippen molar-refractivity contribution in [3.63, 3.8) is 0 Å². The topological polar surface area (TPSA) is 43.1 Å². The van der Waals surface area contributed by atoms with E-state index in [1.54, 1.807) is 0 Å². The molecule has 0 heterocycles. The summed E-state index contributed by atoms with van der Waals surface area (Å²) < 4.78 is 27.0. The number of hydrogen-bond acceptors (Lipinski definition) is 2. The minimum Gasteiger partial charge on any atom is -0.330 e. The van der Waals surface area contributed by atoms with Crippen LogP contribution in [0.15, 0.2) is 18.2 Å². The highest BCUT2D eigenvalue weighted by molar-refractivity contribution is 5.98. The Bertz CT molecular complexity index is 413. The maximum Gasteiger partial charge on any atom is 0.172 e. The van der Waals surface area contributed by atoms with Gasteiger partial charge >= 0.3 is 0 Å². The second-order valence-electron chi connectivity index (χ2n) is 4.49. The van der Waals surface area contributed by atoms with Crippen LogP contribution in [-0.4, -0.2) is 12.3 Å². The molecule has 0 saturated heterocycles. The molecule has 0 radical (unpaired) electrons. The summed E-state index contributed by atoms with van der Waals surface area (Å²) in [6.07, 6.45) is 2.44. The second-order valence-corrected chi connectivity index (χ2v) is 4.49. The van der Waals surface area contributed by atoms with Crippen molar-refractivity contribution in [2.24, 2.45) is 17.6 Å². The van der Waals surface area contributed by atoms with E-state index in [1.807, 2.05) is 0 Å². The quantitative estimate of drug-likeness (QED) is 0.823. The summed E-state index contributed by atoms with van der Waals surface area (Å²) in [4.78, 5) is 12.1. The average molecular weight is 239 g/mol. The van der Waals surface area contributed by atoms with Gasteiger partial charge in [0.25, 0.3) is 0 Å². The number of Topliss-reactive ketones (excluding diaryl/α,β-unsaturated/α-hetero) is 1. The number of halogens is 2. The van der Waals surface area contributed by atoms with Gasteiger partial charge in [0.2, 0.25) is 0 Å². The summed E-state index contributed by atoms with van der Waals surface area (Å²) in [5, 5.41) is 0. The number of carbonyl (C=O) groups excluding carboxylic acids is 1. The van der Waals surface area contributed by atoms with E-state index in [0.29, 0.717) is 13.0 Å². The van der Waals surface area contributed by atoms with Gasteiger partial charge in [0, 0.05) is 5.92 Å². The SMILES string of the molecule is NCC1CCCC1C(=O)c1c(F)cccc1F. The molecule has 2 unspecified atom stereocenters. The normalized spacial score (nSPS) is 23.9. The molecule has 1 aliphatic rings. The Hall–Kier alpha value is -1.29. The van der Waals surface area contributed by atoms with Crippen molar-refractivity contribution in [1.29, 1.82) is 0 Å². The van der Waals surface area contributed by atoms with Gasteiger partial charge in [-0.3, -0.25) is 4.79 Å². The fourth-order valence-corrected chi connectivity index (χ4v) is 2.58. The standard InChI is InChI=1S/C13H15F2NO/c14-10-5-2-6-11(15)12(10)13(17)9-4-1-3-8(9)7-16/h2,5-6,8-9H,1,3-4,7,16H2. The van der Waals surface area contributed by atoms with Crippen LogP contribution in [0.1, 0.15) is 29.6 Å². The minimum atomic E-state index is -0.780. The van der Waals surface area contributed by atoms with E-state index in [4.69, 9.17) is 5.73 Å². The molecule has 17 heavy (non-hydrogen) atoms. The Morgan fingerprint density at radius 1 is 1.29 bits per heavy atom. The molecule has 1 aromatic carbocycles. The van der Waals surface area contributed by atoms with Crippen molar-refractivity contribution in [2.75, 3.05) is 6.54 Å². The highest BCUT2D eigenvalue weighted by Crippen LogP contribution is 2.34. The first-order chi connectivity index (χ1) is 8.15. The predicted molar refractivity (Wildman–Crippen MR) is 60.6 cm³/mol. The molecule has 92 valence electrons. The van der Waals surface area contributed by atoms with E-state index < -0.39 is 23.0 Å². The second kappa shape index (κ2) is 4.92. The van der Waals surface area contributed by atoms with Gasteiger partial charge in [0.15, 0.2) is 5.78 Å². The fourth-order valence-electron chi connectivity index (χ4n) is 2.58. The van der Waals surface area contributed by atoms with Gasteiger partial charge in [-0.05, 0) is 37.4 Å². The number of ketones is 1. The number of nitrogens with two attached hydrogens (primary N) is 1. The van der Waals surface area contributed by atoms with Gasteiger partial charge in [-0.15, -0.1) is 0 Å². The monoisotopic (exact) mass is 239 g/mol. The van der Waals surface area contributed by atoms with Gasteiger partial charge in [-0.1, -0.05) is 12.5 Å². The lowest BCUT2D eigenvalue weighted by Crippen LogP contribution is -2.26. The summed E-state index contributed by atoms with van der Waals surface area (Å²) in [6.45, 7) is 0.395. The zero-order valence-corrected chi connectivity index (χ0v) is 9.46. The minimum absolute atomic E-state index is 0.0570. The van der Waals surface area contributed by atoms with Gasteiger partial charge < -0.3 is 5.73 Å². The van der Waals surface area contributed by atoms with E-state index in [1.165, 1.54) is 6.07 Å². The third kappa shape index (κ3) is 2.22. The maximum atomic E-state index is 13.5. The molecule has 1 fully saturated rings. The summed E-state index contributed by atoms with van der Waals surface area (Å²) in [5.74, 6) is -2.27. The Labute approximate surface area is 98.8 Å². The van der Waals surface area contributed by atoms with Crippen LogP contribution in [0.5, 0.6) is 0 Å². The molecule has 0 aromatic heterocycles. The van der Waals surface area contributed by atoms with Crippen molar-refractivity contribution in [3.8, 4) is 0 Å². The predicted octanol–water partition coefficient (Wildman–Crippen LogP) is 2.52. The lowest BCUT2D eigenvalue weighted by molar-refractivity contribution is 0.0884. The Morgan fingerprint density at radius 2 is 1.94 bits per heavy atom. The fraction of sp³-hybridized carbons (Fsp3) is 0.462. The molecule has 4 heteroatoms. The summed E-state index contributed by atoms with van der Waals surface area (Å²) in [5.41, 5.74) is 5.17. The number of benzene rings is 1. The lowest BCUT2D eigenvalue weighted by Gasteiger charge is -2.17. The summed E-state index contributed by atoms with van der Waals surface area (Å²) in [6, 6.07) is 3.49. The van der Waals surface area contributed by atoms with Crippen LogP contribution in [0, 0.1) is 23.5 Å². The molecule has 0 spiro atoms. The molecule has 1 aliphatic carbocycles. The third-order valence-corrected chi connectivity index (χ3v) is 3.51. The smallest absolute Gasteiger partial charge is 0.172 e. The van der Waals surface area contributed by atoms with Crippen molar-refractivity contribution >= 4 is 5.78 Å². The highest BCUT2D eigenvalue weighted by atomic mass is 19.1. The molecule has 2 N–H and O–H groups in total. The molecule has 1 aromatic rings. The van der Waals surface area contributed by atoms with E-state index in [9.17, 15) is 13.6 Å². The van der Waals surface area contributed by atoms with Crippen molar-refractivity contribution in [2.45, 2.75) is 19.3 Å². The first kappa shape index (κ1) is 12.2. The van der Waals surface area contributed by atoms with Crippen molar-refractivity contribution < 1.29 is 13.6 Å². The van der Waals surface area contributed by atoms with E-state index in [-0.39, 0.29) is 11.8 Å². The summed E-state index contributed by atoms with van der Waals surface area (Å²) >= 11 is 0. The zero-order chi connectivity index (χ0) is 12.4. The Balaban J connectivity index is 2.31. The molecule has 2 atom stereocenters. The Morgan fingerprint density at radius 3 is 2.53 bits per heavy atom. The first-order valence-corrected chi connectivity index (χ1v) is 5.83. The van der Waals surface area contributed by atoms with Gasteiger partial charge in [-0.25, -0.2) is 8.78 Å². The van der Waals surface area contributed by atoms with Gasteiger partial charge in [0.1, 0.15) is 11.6 Å². The largest absolute Gasteiger partial charge is 0.330 e. The molecular weight excluding hydrogens is 224 g/mol. The van der Waals surface area contributed by atoms with Crippen LogP contribution in [0.4, 0.5) is 8.78 Å². The first-order valence-electron chi connectivity index (χ1n) is 5.83. The maximum absolute atomic E-state index is 13.5. The number of rotatable bonds is 3. The van der Waals surface area contributed by atoms with Crippen LogP contribution >= 0.6 is 0 Å². The Kier molecular flexibility index (Phi) is 3.52. The van der Waals surface area contributed by atoms with E-state index in [2.05, 4.69) is 0 Å².